The number of fused-ring (bicyclic) bond motifs is 1. The molecule has 3 aromatic rings. The molecule has 0 radical (unpaired) electrons. The van der Waals surface area contributed by atoms with Crippen LogP contribution in [0.15, 0.2) is 23.2 Å². The van der Waals surface area contributed by atoms with E-state index in [1.54, 1.807) is 11.3 Å². The molecule has 2 aromatic heterocycles. The number of amides is 1. The summed E-state index contributed by atoms with van der Waals surface area (Å²) >= 11 is 3.01. The van der Waals surface area contributed by atoms with Gasteiger partial charge in [-0.3, -0.25) is 4.79 Å². The number of nitrogens with one attached hydrogen (secondary N) is 1. The Morgan fingerprint density at radius 3 is 2.67 bits per heavy atom. The van der Waals surface area contributed by atoms with E-state index in [1.165, 1.54) is 24.8 Å². The topological polar surface area (TPSA) is 88.4 Å². The van der Waals surface area contributed by atoms with Crippen LogP contribution < -0.4 is 9.62 Å². The molecule has 4 heterocycles. The van der Waals surface area contributed by atoms with E-state index in [0.29, 0.717) is 32.2 Å². The van der Waals surface area contributed by atoms with Crippen molar-refractivity contribution in [1.29, 1.82) is 0 Å². The second-order valence-corrected chi connectivity index (χ2v) is 12.1. The summed E-state index contributed by atoms with van der Waals surface area (Å²) in [7, 11) is 0. The molecule has 1 aromatic carbocycles. The zero-order valence-corrected chi connectivity index (χ0v) is 22.1. The number of anilines is 1. The van der Waals surface area contributed by atoms with Crippen molar-refractivity contribution in [2.24, 2.45) is 5.92 Å². The van der Waals surface area contributed by atoms with Gasteiger partial charge in [-0.15, -0.1) is 10.2 Å². The number of aromatic nitrogens is 4. The molecule has 1 saturated carbocycles. The number of benzene rings is 1. The molecule has 3 aliphatic rings. The number of carbonyl (C=O) groups is 1. The Kier molecular flexibility index (Phi) is 6.39. The number of nitrogens with zero attached hydrogens (tertiary/aromatic N) is 6. The van der Waals surface area contributed by atoms with Crippen LogP contribution in [0.2, 0.25) is 0 Å². The average Bonchev–Trinajstić information content (AvgIpc) is 3.43. The number of ether oxygens (including phenoxy) is 1. The van der Waals surface area contributed by atoms with Crippen molar-refractivity contribution < 1.29 is 13.9 Å². The van der Waals surface area contributed by atoms with Crippen LogP contribution in [0.25, 0.3) is 16.0 Å². The first kappa shape index (κ1) is 24.1. The molecule has 36 heavy (non-hydrogen) atoms. The first-order chi connectivity index (χ1) is 17.4. The molecule has 0 unspecified atom stereocenters. The van der Waals surface area contributed by atoms with Crippen molar-refractivity contribution in [2.75, 3.05) is 51.0 Å². The Labute approximate surface area is 217 Å². The minimum atomic E-state index is -0.631. The zero-order chi connectivity index (χ0) is 24.9. The van der Waals surface area contributed by atoms with Crippen LogP contribution in [0.4, 0.5) is 10.1 Å². The maximum atomic E-state index is 13.6. The third-order valence-corrected chi connectivity index (χ3v) is 9.03. The Morgan fingerprint density at radius 1 is 1.25 bits per heavy atom. The highest BCUT2D eigenvalue weighted by atomic mass is 32.2. The van der Waals surface area contributed by atoms with E-state index in [2.05, 4.69) is 25.9 Å². The third kappa shape index (κ3) is 4.59. The summed E-state index contributed by atoms with van der Waals surface area (Å²) in [5, 5.41) is 16.5. The first-order valence-electron chi connectivity index (χ1n) is 12.4. The van der Waals surface area contributed by atoms with Crippen LogP contribution in [-0.2, 0) is 9.53 Å². The molecule has 0 atom stereocenters. The van der Waals surface area contributed by atoms with Gasteiger partial charge in [0.2, 0.25) is 11.0 Å². The van der Waals surface area contributed by atoms with Crippen molar-refractivity contribution >= 4 is 45.8 Å². The molecule has 1 N–H and O–H groups in total. The Hall–Kier alpha value is -2.28. The predicted octanol–water partition coefficient (Wildman–Crippen LogP) is 3.39. The maximum absolute atomic E-state index is 13.6. The second kappa shape index (κ2) is 9.55. The normalized spacial score (nSPS) is 19.8. The monoisotopic (exact) mass is 531 g/mol. The SMILES string of the molecule is CC(C)C(=O)N1CCN(c2cc(SNC3(CF)COC3)cc3nn(-c4nnc(C5CC5)s4)cc23)CC1. The number of rotatable bonds is 8. The Balaban J connectivity index is 1.30. The number of hydrogen-bond acceptors (Lipinski definition) is 9. The van der Waals surface area contributed by atoms with Crippen LogP contribution >= 0.6 is 23.3 Å². The molecule has 9 nitrogen and oxygen atoms in total. The molecule has 192 valence electrons. The second-order valence-electron chi connectivity index (χ2n) is 10.2. The number of carbonyl (C=O) groups excluding carboxylic acids is 1. The Bertz CT molecular complexity index is 1260. The molecular formula is C24H30FN7O2S2. The van der Waals surface area contributed by atoms with Gasteiger partial charge in [-0.1, -0.05) is 25.2 Å². The van der Waals surface area contributed by atoms with Gasteiger partial charge in [0.15, 0.2) is 0 Å². The lowest BCUT2D eigenvalue weighted by atomic mass is 10.0. The summed E-state index contributed by atoms with van der Waals surface area (Å²) in [6.45, 7) is 7.01. The summed E-state index contributed by atoms with van der Waals surface area (Å²) in [5.74, 6) is 0.746. The van der Waals surface area contributed by atoms with E-state index in [9.17, 15) is 9.18 Å². The quantitative estimate of drug-likeness (QED) is 0.443. The summed E-state index contributed by atoms with van der Waals surface area (Å²) in [6.07, 6.45) is 4.40. The summed E-state index contributed by atoms with van der Waals surface area (Å²) in [5.41, 5.74) is 1.28. The molecule has 1 amide bonds. The van der Waals surface area contributed by atoms with Crippen LogP contribution in [0, 0.1) is 5.92 Å². The van der Waals surface area contributed by atoms with Crippen molar-refractivity contribution in [1.82, 2.24) is 29.6 Å². The number of alkyl halides is 1. The van der Waals surface area contributed by atoms with Gasteiger partial charge in [0.1, 0.15) is 17.2 Å². The fourth-order valence-electron chi connectivity index (χ4n) is 4.52. The van der Waals surface area contributed by atoms with Gasteiger partial charge < -0.3 is 14.5 Å². The Morgan fingerprint density at radius 2 is 2.03 bits per heavy atom. The minimum absolute atomic E-state index is 0.00182. The highest BCUT2D eigenvalue weighted by Gasteiger charge is 2.39. The van der Waals surface area contributed by atoms with Gasteiger partial charge in [-0.05, 0) is 36.9 Å². The molecule has 3 fully saturated rings. The van der Waals surface area contributed by atoms with Gasteiger partial charge in [0.25, 0.3) is 0 Å². The summed E-state index contributed by atoms with van der Waals surface area (Å²) in [6, 6.07) is 4.16. The lowest BCUT2D eigenvalue weighted by molar-refractivity contribution is -0.134. The molecule has 2 aliphatic heterocycles. The highest BCUT2D eigenvalue weighted by Crippen LogP contribution is 2.42. The minimum Gasteiger partial charge on any atom is -0.377 e. The number of piperazine rings is 1. The van der Waals surface area contributed by atoms with E-state index >= 15 is 0 Å². The van der Waals surface area contributed by atoms with E-state index in [4.69, 9.17) is 9.84 Å². The van der Waals surface area contributed by atoms with E-state index in [-0.39, 0.29) is 11.8 Å². The third-order valence-electron chi connectivity index (χ3n) is 6.95. The molecular weight excluding hydrogens is 501 g/mol. The van der Waals surface area contributed by atoms with Gasteiger partial charge in [0, 0.05) is 60.2 Å². The standard InChI is InChI=1S/C24H30FN7O2S2/c1-15(2)22(33)31-7-5-30(6-8-31)20-10-17(36-29-24(12-25)13-34-14-24)9-19-18(20)11-32(28-19)23-27-26-21(35-23)16-3-4-16/h9-11,15-16,29H,3-8,12-14H2,1-2H3. The smallest absolute Gasteiger partial charge is 0.232 e. The molecule has 1 aliphatic carbocycles. The van der Waals surface area contributed by atoms with Crippen LogP contribution in [-0.4, -0.2) is 82.4 Å². The maximum Gasteiger partial charge on any atom is 0.232 e. The molecule has 0 bridgehead atoms. The highest BCUT2D eigenvalue weighted by molar-refractivity contribution is 7.97. The first-order valence-corrected chi connectivity index (χ1v) is 14.1. The number of halogens is 1. The fraction of sp³-hybridized carbons (Fsp3) is 0.583. The van der Waals surface area contributed by atoms with Crippen molar-refractivity contribution in [3.05, 3.63) is 23.3 Å². The molecule has 2 saturated heterocycles. The van der Waals surface area contributed by atoms with Gasteiger partial charge in [0.05, 0.1) is 18.7 Å². The van der Waals surface area contributed by atoms with Gasteiger partial charge in [-0.2, -0.15) is 5.10 Å². The fourth-order valence-corrected chi connectivity index (χ4v) is 6.31. The van der Waals surface area contributed by atoms with Gasteiger partial charge in [-0.25, -0.2) is 13.8 Å². The van der Waals surface area contributed by atoms with Crippen molar-refractivity contribution in [3.8, 4) is 5.13 Å². The van der Waals surface area contributed by atoms with Crippen LogP contribution in [0.3, 0.4) is 0 Å². The summed E-state index contributed by atoms with van der Waals surface area (Å²) < 4.78 is 24.0. The van der Waals surface area contributed by atoms with Gasteiger partial charge >= 0.3 is 0 Å². The molecule has 0 spiro atoms. The van der Waals surface area contributed by atoms with Crippen LogP contribution in [0.1, 0.15) is 37.6 Å². The van der Waals surface area contributed by atoms with E-state index in [1.807, 2.05) is 35.7 Å². The molecule has 12 heteroatoms. The van der Waals surface area contributed by atoms with Crippen molar-refractivity contribution in [2.45, 2.75) is 43.0 Å². The lowest BCUT2D eigenvalue weighted by Crippen LogP contribution is -2.59. The number of hydrogen-bond donors (Lipinski definition) is 1. The van der Waals surface area contributed by atoms with E-state index in [0.717, 1.165) is 44.7 Å². The zero-order valence-electron chi connectivity index (χ0n) is 20.4. The largest absolute Gasteiger partial charge is 0.377 e. The van der Waals surface area contributed by atoms with E-state index < -0.39 is 12.2 Å². The average molecular weight is 532 g/mol. The van der Waals surface area contributed by atoms with Crippen LogP contribution in [0.5, 0.6) is 0 Å². The molecule has 6 rings (SSSR count). The van der Waals surface area contributed by atoms with Crippen molar-refractivity contribution in [3.63, 3.8) is 0 Å². The predicted molar refractivity (Wildman–Crippen MR) is 139 cm³/mol. The summed E-state index contributed by atoms with van der Waals surface area (Å²) in [4.78, 5) is 17.7. The lowest BCUT2D eigenvalue weighted by Gasteiger charge is -2.39.